The standard InChI is InChI=1S/C24H19ClINO2/c1-2-28-24-14-18(13-19(15-27)21-5-3-4-6-22(21)25)9-12-23(24)29-16-17-7-10-20(26)11-8-17/h3-14H,2,16H2,1H3. The number of allylic oxidation sites excluding steroid dienone is 1. The quantitative estimate of drug-likeness (QED) is 0.194. The maximum absolute atomic E-state index is 9.59. The Labute approximate surface area is 189 Å². The van der Waals surface area contributed by atoms with Crippen molar-refractivity contribution >= 4 is 45.8 Å². The summed E-state index contributed by atoms with van der Waals surface area (Å²) < 4.78 is 12.9. The second kappa shape index (κ2) is 10.3. The van der Waals surface area contributed by atoms with Crippen LogP contribution in [0.25, 0.3) is 11.6 Å². The zero-order valence-electron chi connectivity index (χ0n) is 15.9. The van der Waals surface area contributed by atoms with E-state index in [2.05, 4.69) is 40.8 Å². The van der Waals surface area contributed by atoms with Gasteiger partial charge < -0.3 is 9.47 Å². The van der Waals surface area contributed by atoms with E-state index in [0.717, 1.165) is 11.1 Å². The van der Waals surface area contributed by atoms with Crippen LogP contribution in [0.3, 0.4) is 0 Å². The van der Waals surface area contributed by atoms with Crippen molar-refractivity contribution < 1.29 is 9.47 Å². The summed E-state index contributed by atoms with van der Waals surface area (Å²) in [6, 6.07) is 23.4. The molecule has 0 unspecified atom stereocenters. The van der Waals surface area contributed by atoms with Crippen molar-refractivity contribution in [3.63, 3.8) is 0 Å². The highest BCUT2D eigenvalue weighted by Crippen LogP contribution is 2.32. The largest absolute Gasteiger partial charge is 0.490 e. The van der Waals surface area contributed by atoms with Crippen LogP contribution in [0, 0.1) is 14.9 Å². The molecule has 0 N–H and O–H groups in total. The van der Waals surface area contributed by atoms with E-state index < -0.39 is 0 Å². The van der Waals surface area contributed by atoms with Crippen LogP contribution in [0.5, 0.6) is 11.5 Å². The fourth-order valence-corrected chi connectivity index (χ4v) is 3.36. The minimum atomic E-state index is 0.454. The van der Waals surface area contributed by atoms with Crippen LogP contribution in [0.4, 0.5) is 0 Å². The molecule has 0 bridgehead atoms. The van der Waals surface area contributed by atoms with E-state index in [1.165, 1.54) is 3.57 Å². The molecule has 0 aromatic heterocycles. The average molecular weight is 516 g/mol. The van der Waals surface area contributed by atoms with Gasteiger partial charge in [0.2, 0.25) is 0 Å². The fraction of sp³-hybridized carbons (Fsp3) is 0.125. The summed E-state index contributed by atoms with van der Waals surface area (Å²) in [5.41, 5.74) is 3.12. The van der Waals surface area contributed by atoms with Gasteiger partial charge in [-0.1, -0.05) is 48.0 Å². The van der Waals surface area contributed by atoms with Crippen molar-refractivity contribution in [2.75, 3.05) is 6.61 Å². The van der Waals surface area contributed by atoms with Crippen LogP contribution >= 0.6 is 34.2 Å². The number of ether oxygens (including phenoxy) is 2. The zero-order valence-corrected chi connectivity index (χ0v) is 18.8. The van der Waals surface area contributed by atoms with Gasteiger partial charge in [-0.05, 0) is 77.0 Å². The Morgan fingerprint density at radius 1 is 1.03 bits per heavy atom. The molecule has 29 heavy (non-hydrogen) atoms. The molecule has 0 saturated heterocycles. The molecular formula is C24H19ClINO2. The second-order valence-corrected chi connectivity index (χ2v) is 7.86. The van der Waals surface area contributed by atoms with Gasteiger partial charge >= 0.3 is 0 Å². The summed E-state index contributed by atoms with van der Waals surface area (Å²) in [6.45, 7) is 2.90. The molecule has 3 aromatic rings. The number of rotatable bonds is 7. The number of halogens is 2. The van der Waals surface area contributed by atoms with Crippen molar-refractivity contribution in [3.8, 4) is 17.6 Å². The highest BCUT2D eigenvalue weighted by molar-refractivity contribution is 14.1. The molecule has 0 aliphatic heterocycles. The molecule has 146 valence electrons. The average Bonchev–Trinajstić information content (AvgIpc) is 2.73. The predicted octanol–water partition coefficient (Wildman–Crippen LogP) is 6.99. The van der Waals surface area contributed by atoms with E-state index in [1.54, 1.807) is 12.1 Å². The summed E-state index contributed by atoms with van der Waals surface area (Å²) >= 11 is 8.52. The van der Waals surface area contributed by atoms with Gasteiger partial charge in [0.1, 0.15) is 6.61 Å². The smallest absolute Gasteiger partial charge is 0.161 e. The van der Waals surface area contributed by atoms with Crippen LogP contribution < -0.4 is 9.47 Å². The lowest BCUT2D eigenvalue weighted by atomic mass is 10.0. The Morgan fingerprint density at radius 2 is 1.79 bits per heavy atom. The molecular weight excluding hydrogens is 497 g/mol. The highest BCUT2D eigenvalue weighted by atomic mass is 127. The molecule has 0 aliphatic carbocycles. The number of nitriles is 1. The molecule has 0 heterocycles. The van der Waals surface area contributed by atoms with Crippen molar-refractivity contribution in [3.05, 3.63) is 92.0 Å². The first-order valence-electron chi connectivity index (χ1n) is 9.11. The van der Waals surface area contributed by atoms with E-state index >= 15 is 0 Å². The van der Waals surface area contributed by atoms with Crippen molar-refractivity contribution in [2.45, 2.75) is 13.5 Å². The summed E-state index contributed by atoms with van der Waals surface area (Å²) in [5, 5.41) is 10.1. The Morgan fingerprint density at radius 3 is 2.48 bits per heavy atom. The first-order valence-corrected chi connectivity index (χ1v) is 10.6. The van der Waals surface area contributed by atoms with E-state index in [1.807, 2.05) is 55.5 Å². The van der Waals surface area contributed by atoms with Crippen molar-refractivity contribution in [2.24, 2.45) is 0 Å². The van der Waals surface area contributed by atoms with E-state index in [9.17, 15) is 5.26 Å². The SMILES string of the molecule is CCOc1cc(C=C(C#N)c2ccccc2Cl)ccc1OCc1ccc(I)cc1. The van der Waals surface area contributed by atoms with E-state index in [4.69, 9.17) is 21.1 Å². The minimum absolute atomic E-state index is 0.454. The number of hydrogen-bond donors (Lipinski definition) is 0. The van der Waals surface area contributed by atoms with Crippen LogP contribution in [-0.2, 0) is 6.61 Å². The third kappa shape index (κ3) is 5.75. The Bertz CT molecular complexity index is 1060. The van der Waals surface area contributed by atoms with Gasteiger partial charge in [0.05, 0.1) is 18.2 Å². The summed E-state index contributed by atoms with van der Waals surface area (Å²) in [7, 11) is 0. The molecule has 0 spiro atoms. The van der Waals surface area contributed by atoms with Gasteiger partial charge in [0, 0.05) is 14.2 Å². The normalized spacial score (nSPS) is 11.0. The Balaban J connectivity index is 1.86. The van der Waals surface area contributed by atoms with E-state index in [-0.39, 0.29) is 0 Å². The molecule has 0 atom stereocenters. The summed E-state index contributed by atoms with van der Waals surface area (Å²) in [4.78, 5) is 0. The maximum Gasteiger partial charge on any atom is 0.161 e. The fourth-order valence-electron chi connectivity index (χ4n) is 2.76. The monoisotopic (exact) mass is 515 g/mol. The molecule has 0 radical (unpaired) electrons. The van der Waals surface area contributed by atoms with Crippen LogP contribution in [0.1, 0.15) is 23.6 Å². The van der Waals surface area contributed by atoms with Gasteiger partial charge in [0.25, 0.3) is 0 Å². The summed E-state index contributed by atoms with van der Waals surface area (Å²) in [6.07, 6.45) is 1.80. The lowest BCUT2D eigenvalue weighted by Crippen LogP contribution is -2.00. The van der Waals surface area contributed by atoms with Crippen molar-refractivity contribution in [1.82, 2.24) is 0 Å². The molecule has 3 rings (SSSR count). The molecule has 0 saturated carbocycles. The van der Waals surface area contributed by atoms with Gasteiger partial charge in [-0.2, -0.15) is 5.26 Å². The third-order valence-electron chi connectivity index (χ3n) is 4.17. The van der Waals surface area contributed by atoms with Gasteiger partial charge in [-0.3, -0.25) is 0 Å². The zero-order chi connectivity index (χ0) is 20.6. The molecule has 0 amide bonds. The topological polar surface area (TPSA) is 42.2 Å². The highest BCUT2D eigenvalue weighted by Gasteiger charge is 2.09. The van der Waals surface area contributed by atoms with E-state index in [0.29, 0.717) is 40.9 Å². The maximum atomic E-state index is 9.59. The predicted molar refractivity (Wildman–Crippen MR) is 126 cm³/mol. The van der Waals surface area contributed by atoms with Gasteiger partial charge in [-0.25, -0.2) is 0 Å². The summed E-state index contributed by atoms with van der Waals surface area (Å²) in [5.74, 6) is 1.31. The van der Waals surface area contributed by atoms with Gasteiger partial charge in [0.15, 0.2) is 11.5 Å². The number of nitrogens with zero attached hydrogens (tertiary/aromatic N) is 1. The molecule has 3 nitrogen and oxygen atoms in total. The molecule has 3 aromatic carbocycles. The van der Waals surface area contributed by atoms with Crippen LogP contribution in [0.15, 0.2) is 66.7 Å². The molecule has 0 fully saturated rings. The minimum Gasteiger partial charge on any atom is -0.490 e. The number of benzene rings is 3. The molecule has 0 aliphatic rings. The van der Waals surface area contributed by atoms with Crippen molar-refractivity contribution in [1.29, 1.82) is 5.26 Å². The first-order chi connectivity index (χ1) is 14.1. The van der Waals surface area contributed by atoms with Crippen LogP contribution in [0.2, 0.25) is 5.02 Å². The Hall–Kier alpha value is -2.49. The van der Waals surface area contributed by atoms with Gasteiger partial charge in [-0.15, -0.1) is 0 Å². The second-order valence-electron chi connectivity index (χ2n) is 6.20. The Kier molecular flexibility index (Phi) is 7.56. The third-order valence-corrected chi connectivity index (χ3v) is 5.22. The first kappa shape index (κ1) is 21.2. The lowest BCUT2D eigenvalue weighted by molar-refractivity contribution is 0.269. The number of hydrogen-bond acceptors (Lipinski definition) is 3. The van der Waals surface area contributed by atoms with Crippen LogP contribution in [-0.4, -0.2) is 6.61 Å². The molecule has 5 heteroatoms. The lowest BCUT2D eigenvalue weighted by Gasteiger charge is -2.13.